The van der Waals surface area contributed by atoms with Crippen LogP contribution in [0.5, 0.6) is 0 Å². The van der Waals surface area contributed by atoms with E-state index in [1.54, 1.807) is 11.3 Å². The SMILES string of the molecule is Cc1nc(N2CCSC(C)(C)CC2)sc1C(C)O. The van der Waals surface area contributed by atoms with Gasteiger partial charge in [0.2, 0.25) is 0 Å². The van der Waals surface area contributed by atoms with Crippen LogP contribution in [0.4, 0.5) is 5.13 Å². The zero-order chi connectivity index (χ0) is 13.3. The van der Waals surface area contributed by atoms with Crippen LogP contribution in [0.25, 0.3) is 0 Å². The van der Waals surface area contributed by atoms with Crippen LogP contribution in [0.2, 0.25) is 0 Å². The molecule has 18 heavy (non-hydrogen) atoms. The Morgan fingerprint density at radius 2 is 2.11 bits per heavy atom. The Kier molecular flexibility index (Phi) is 4.24. The van der Waals surface area contributed by atoms with E-state index >= 15 is 0 Å². The van der Waals surface area contributed by atoms with E-state index in [4.69, 9.17) is 0 Å². The normalized spacial score (nSPS) is 21.7. The Bertz CT molecular complexity index is 415. The first-order valence-corrected chi connectivity index (χ1v) is 8.23. The van der Waals surface area contributed by atoms with Crippen molar-refractivity contribution >= 4 is 28.2 Å². The highest BCUT2D eigenvalue weighted by Gasteiger charge is 2.25. The predicted molar refractivity (Wildman–Crippen MR) is 80.9 cm³/mol. The summed E-state index contributed by atoms with van der Waals surface area (Å²) >= 11 is 3.68. The lowest BCUT2D eigenvalue weighted by molar-refractivity contribution is 0.202. The highest BCUT2D eigenvalue weighted by Crippen LogP contribution is 2.35. The van der Waals surface area contributed by atoms with Crippen molar-refractivity contribution in [3.63, 3.8) is 0 Å². The predicted octanol–water partition coefficient (Wildman–Crippen LogP) is 3.23. The molecule has 1 aliphatic heterocycles. The molecule has 1 aromatic rings. The third-order valence-electron chi connectivity index (χ3n) is 3.31. The average molecular weight is 286 g/mol. The molecule has 102 valence electrons. The molecule has 2 rings (SSSR count). The number of thiazole rings is 1. The fourth-order valence-electron chi connectivity index (χ4n) is 2.13. The van der Waals surface area contributed by atoms with E-state index in [0.29, 0.717) is 4.75 Å². The minimum absolute atomic E-state index is 0.369. The molecule has 1 atom stereocenters. The summed E-state index contributed by atoms with van der Waals surface area (Å²) in [5, 5.41) is 10.8. The first-order valence-electron chi connectivity index (χ1n) is 6.43. The van der Waals surface area contributed by atoms with E-state index < -0.39 is 6.10 Å². The van der Waals surface area contributed by atoms with Gasteiger partial charge in [-0.15, -0.1) is 0 Å². The molecule has 2 heterocycles. The first-order chi connectivity index (χ1) is 8.39. The van der Waals surface area contributed by atoms with E-state index in [-0.39, 0.29) is 0 Å². The molecule has 0 radical (unpaired) electrons. The molecule has 1 aromatic heterocycles. The second-order valence-electron chi connectivity index (χ2n) is 5.47. The third kappa shape index (κ3) is 3.19. The van der Waals surface area contributed by atoms with E-state index in [1.165, 1.54) is 6.42 Å². The van der Waals surface area contributed by atoms with Crippen molar-refractivity contribution in [1.82, 2.24) is 4.98 Å². The van der Waals surface area contributed by atoms with Crippen LogP contribution < -0.4 is 4.90 Å². The van der Waals surface area contributed by atoms with Gasteiger partial charge in [0.1, 0.15) is 0 Å². The van der Waals surface area contributed by atoms with E-state index in [0.717, 1.165) is 34.5 Å². The standard InChI is InChI=1S/C13H22N2OS2/c1-9-11(10(2)16)18-12(14-9)15-6-5-13(3,4)17-8-7-15/h10,16H,5-8H2,1-4H3. The van der Waals surface area contributed by atoms with Crippen LogP contribution >= 0.6 is 23.1 Å². The van der Waals surface area contributed by atoms with Gasteiger partial charge in [-0.1, -0.05) is 25.2 Å². The number of aliphatic hydroxyl groups excluding tert-OH is 1. The van der Waals surface area contributed by atoms with Crippen molar-refractivity contribution < 1.29 is 5.11 Å². The van der Waals surface area contributed by atoms with E-state index in [9.17, 15) is 5.11 Å². The fourth-order valence-corrected chi connectivity index (χ4v) is 4.28. The Labute approximate surface area is 118 Å². The minimum atomic E-state index is -0.408. The maximum atomic E-state index is 9.70. The fraction of sp³-hybridized carbons (Fsp3) is 0.769. The van der Waals surface area contributed by atoms with Gasteiger partial charge in [-0.2, -0.15) is 11.8 Å². The van der Waals surface area contributed by atoms with Crippen LogP contribution in [-0.4, -0.2) is 33.7 Å². The van der Waals surface area contributed by atoms with E-state index in [2.05, 4.69) is 23.7 Å². The molecule has 1 aliphatic rings. The summed E-state index contributed by atoms with van der Waals surface area (Å²) < 4.78 is 0.369. The molecule has 1 unspecified atom stereocenters. The number of rotatable bonds is 2. The Morgan fingerprint density at radius 3 is 2.72 bits per heavy atom. The summed E-state index contributed by atoms with van der Waals surface area (Å²) in [5.41, 5.74) is 0.973. The number of hydrogen-bond acceptors (Lipinski definition) is 5. The number of aryl methyl sites for hydroxylation is 1. The number of hydrogen-bond donors (Lipinski definition) is 1. The van der Waals surface area contributed by atoms with Gasteiger partial charge in [0, 0.05) is 23.6 Å². The third-order valence-corrected chi connectivity index (χ3v) is 6.07. The van der Waals surface area contributed by atoms with Gasteiger partial charge in [-0.3, -0.25) is 0 Å². The van der Waals surface area contributed by atoms with Gasteiger partial charge in [-0.25, -0.2) is 4.98 Å². The lowest BCUT2D eigenvalue weighted by Crippen LogP contribution is -2.26. The number of aromatic nitrogens is 1. The number of aliphatic hydroxyl groups is 1. The molecule has 5 heteroatoms. The Balaban J connectivity index is 2.14. The first kappa shape index (κ1) is 14.2. The van der Waals surface area contributed by atoms with Gasteiger partial charge >= 0.3 is 0 Å². The molecule has 0 aliphatic carbocycles. The number of nitrogens with zero attached hydrogens (tertiary/aromatic N) is 2. The molecule has 3 nitrogen and oxygen atoms in total. The number of anilines is 1. The van der Waals surface area contributed by atoms with Crippen LogP contribution in [0.1, 0.15) is 43.9 Å². The summed E-state index contributed by atoms with van der Waals surface area (Å²) in [7, 11) is 0. The summed E-state index contributed by atoms with van der Waals surface area (Å²) in [5.74, 6) is 1.15. The lowest BCUT2D eigenvalue weighted by atomic mass is 10.1. The smallest absolute Gasteiger partial charge is 0.185 e. The molecule has 0 amide bonds. The Hall–Kier alpha value is -0.260. The number of thioether (sulfide) groups is 1. The van der Waals surface area contributed by atoms with Crippen molar-refractivity contribution in [2.75, 3.05) is 23.7 Å². The van der Waals surface area contributed by atoms with Gasteiger partial charge in [0.05, 0.1) is 16.7 Å². The zero-order valence-electron chi connectivity index (χ0n) is 11.6. The lowest BCUT2D eigenvalue weighted by Gasteiger charge is -2.22. The second-order valence-corrected chi connectivity index (χ2v) is 8.28. The van der Waals surface area contributed by atoms with Crippen molar-refractivity contribution in [3.05, 3.63) is 10.6 Å². The van der Waals surface area contributed by atoms with Crippen LogP contribution in [0, 0.1) is 6.92 Å². The maximum absolute atomic E-state index is 9.70. The molecular weight excluding hydrogens is 264 g/mol. The van der Waals surface area contributed by atoms with E-state index in [1.807, 2.05) is 25.6 Å². The zero-order valence-corrected chi connectivity index (χ0v) is 13.2. The molecule has 0 bridgehead atoms. The van der Waals surface area contributed by atoms with Crippen molar-refractivity contribution in [1.29, 1.82) is 0 Å². The van der Waals surface area contributed by atoms with Gasteiger partial charge in [-0.05, 0) is 20.3 Å². The summed E-state index contributed by atoms with van der Waals surface area (Å²) in [6, 6.07) is 0. The molecule has 1 N–H and O–H groups in total. The second kappa shape index (κ2) is 5.39. The topological polar surface area (TPSA) is 36.4 Å². The van der Waals surface area contributed by atoms with Gasteiger partial charge < -0.3 is 10.0 Å². The van der Waals surface area contributed by atoms with Crippen molar-refractivity contribution in [3.8, 4) is 0 Å². The summed E-state index contributed by atoms with van der Waals surface area (Å²) in [4.78, 5) is 7.99. The quantitative estimate of drug-likeness (QED) is 0.905. The maximum Gasteiger partial charge on any atom is 0.185 e. The molecule has 0 saturated carbocycles. The molecule has 1 saturated heterocycles. The molecule has 0 aromatic carbocycles. The van der Waals surface area contributed by atoms with Crippen LogP contribution in [0.3, 0.4) is 0 Å². The Morgan fingerprint density at radius 1 is 1.39 bits per heavy atom. The molecule has 0 spiro atoms. The van der Waals surface area contributed by atoms with Gasteiger partial charge in [0.15, 0.2) is 5.13 Å². The molecule has 1 fully saturated rings. The summed E-state index contributed by atoms with van der Waals surface area (Å²) in [6.45, 7) is 10.5. The monoisotopic (exact) mass is 286 g/mol. The van der Waals surface area contributed by atoms with Crippen molar-refractivity contribution in [2.45, 2.75) is 45.0 Å². The highest BCUT2D eigenvalue weighted by molar-refractivity contribution is 8.00. The molecular formula is C13H22N2OS2. The van der Waals surface area contributed by atoms with Gasteiger partial charge in [0.25, 0.3) is 0 Å². The van der Waals surface area contributed by atoms with Crippen molar-refractivity contribution in [2.24, 2.45) is 0 Å². The largest absolute Gasteiger partial charge is 0.388 e. The van der Waals surface area contributed by atoms with Crippen LogP contribution in [-0.2, 0) is 0 Å². The summed E-state index contributed by atoms with van der Waals surface area (Å²) in [6.07, 6.45) is 0.773. The van der Waals surface area contributed by atoms with Crippen LogP contribution in [0.15, 0.2) is 0 Å². The average Bonchev–Trinajstić information content (AvgIpc) is 2.55. The highest BCUT2D eigenvalue weighted by atomic mass is 32.2. The minimum Gasteiger partial charge on any atom is -0.388 e.